The van der Waals surface area contributed by atoms with Crippen LogP contribution in [0.5, 0.6) is 0 Å². The van der Waals surface area contributed by atoms with Gasteiger partial charge in [-0.1, -0.05) is 0 Å². The molecule has 0 radical (unpaired) electrons. The summed E-state index contributed by atoms with van der Waals surface area (Å²) in [6, 6.07) is 3.80. The van der Waals surface area contributed by atoms with E-state index in [2.05, 4.69) is 10.6 Å². The molecule has 3 nitrogen and oxygen atoms in total. The van der Waals surface area contributed by atoms with Crippen LogP contribution in [0.4, 0.5) is 14.5 Å². The molecule has 1 heterocycles. The first-order valence-electron chi connectivity index (χ1n) is 4.57. The summed E-state index contributed by atoms with van der Waals surface area (Å²) < 4.78 is 26.7. The first-order chi connectivity index (χ1) is 7.20. The topological polar surface area (TPSA) is 47.9 Å². The zero-order valence-corrected chi connectivity index (χ0v) is 7.85. The molecule has 1 fully saturated rings. The third kappa shape index (κ3) is 1.90. The van der Waals surface area contributed by atoms with Crippen molar-refractivity contribution in [3.63, 3.8) is 0 Å². The molecule has 0 aliphatic carbocycles. The number of benzene rings is 1. The molecule has 15 heavy (non-hydrogen) atoms. The molecule has 1 aliphatic rings. The van der Waals surface area contributed by atoms with E-state index in [0.29, 0.717) is 13.1 Å². The molecule has 0 saturated carbocycles. The molecule has 5 heteroatoms. The maximum Gasteiger partial charge on any atom is 0.150 e. The lowest BCUT2D eigenvalue weighted by molar-refractivity contribution is 0.465. The Kier molecular flexibility index (Phi) is 2.52. The molecular formula is C10H9F2N3. The van der Waals surface area contributed by atoms with E-state index in [1.807, 2.05) is 0 Å². The van der Waals surface area contributed by atoms with Gasteiger partial charge in [0, 0.05) is 13.1 Å². The largest absolute Gasteiger partial charge is 0.375 e. The van der Waals surface area contributed by atoms with E-state index in [1.54, 1.807) is 6.07 Å². The fraction of sp³-hybridized carbons (Fsp3) is 0.300. The minimum Gasteiger partial charge on any atom is -0.375 e. The van der Waals surface area contributed by atoms with Gasteiger partial charge in [0.05, 0.1) is 17.7 Å². The summed E-state index contributed by atoms with van der Waals surface area (Å²) in [5, 5.41) is 14.2. The Hall–Kier alpha value is -1.67. The average Bonchev–Trinajstić information content (AvgIpc) is 2.13. The molecule has 1 aromatic rings. The molecule has 0 spiro atoms. The van der Waals surface area contributed by atoms with Crippen LogP contribution in [0, 0.1) is 23.0 Å². The zero-order chi connectivity index (χ0) is 10.8. The van der Waals surface area contributed by atoms with E-state index in [-0.39, 0.29) is 17.3 Å². The van der Waals surface area contributed by atoms with Crippen LogP contribution in [0.2, 0.25) is 0 Å². The molecule has 0 atom stereocenters. The van der Waals surface area contributed by atoms with E-state index in [1.165, 1.54) is 0 Å². The van der Waals surface area contributed by atoms with Crippen LogP contribution in [0.15, 0.2) is 12.1 Å². The molecule has 78 valence electrons. The summed E-state index contributed by atoms with van der Waals surface area (Å²) in [6.07, 6.45) is 0. The van der Waals surface area contributed by atoms with Crippen molar-refractivity contribution in [3.05, 3.63) is 29.3 Å². The number of halogens is 2. The Morgan fingerprint density at radius 2 is 1.93 bits per heavy atom. The number of nitrogens with one attached hydrogen (secondary N) is 2. The van der Waals surface area contributed by atoms with Crippen molar-refractivity contribution in [2.45, 2.75) is 6.04 Å². The highest BCUT2D eigenvalue weighted by Gasteiger charge is 2.20. The monoisotopic (exact) mass is 209 g/mol. The van der Waals surface area contributed by atoms with Crippen molar-refractivity contribution in [1.82, 2.24) is 5.32 Å². The summed E-state index contributed by atoms with van der Waals surface area (Å²) in [7, 11) is 0. The lowest BCUT2D eigenvalue weighted by atomic mass is 10.1. The number of anilines is 1. The molecule has 0 aromatic heterocycles. The smallest absolute Gasteiger partial charge is 0.150 e. The zero-order valence-electron chi connectivity index (χ0n) is 7.85. The van der Waals surface area contributed by atoms with Crippen LogP contribution in [0.25, 0.3) is 0 Å². The fourth-order valence-electron chi connectivity index (χ4n) is 1.37. The normalized spacial score (nSPS) is 15.5. The molecule has 0 amide bonds. The van der Waals surface area contributed by atoms with E-state index in [0.717, 1.165) is 12.1 Å². The predicted molar refractivity (Wildman–Crippen MR) is 51.4 cm³/mol. The van der Waals surface area contributed by atoms with Gasteiger partial charge in [0.1, 0.15) is 5.69 Å². The fourth-order valence-corrected chi connectivity index (χ4v) is 1.37. The second kappa shape index (κ2) is 3.83. The van der Waals surface area contributed by atoms with E-state index < -0.39 is 11.6 Å². The first-order valence-corrected chi connectivity index (χ1v) is 4.57. The molecule has 2 rings (SSSR count). The molecule has 2 N–H and O–H groups in total. The van der Waals surface area contributed by atoms with Crippen LogP contribution in [-0.4, -0.2) is 19.1 Å². The van der Waals surface area contributed by atoms with Gasteiger partial charge in [-0.2, -0.15) is 5.26 Å². The molecule has 1 saturated heterocycles. The lowest BCUT2D eigenvalue weighted by Crippen LogP contribution is -2.51. The molecule has 1 aromatic carbocycles. The van der Waals surface area contributed by atoms with Crippen molar-refractivity contribution in [3.8, 4) is 6.07 Å². The van der Waals surface area contributed by atoms with Crippen molar-refractivity contribution in [2.24, 2.45) is 0 Å². The molecular weight excluding hydrogens is 200 g/mol. The minimum atomic E-state index is -0.724. The van der Waals surface area contributed by atoms with Gasteiger partial charge in [-0.25, -0.2) is 8.78 Å². The Labute approximate surface area is 85.7 Å². The van der Waals surface area contributed by atoms with Crippen molar-refractivity contribution >= 4 is 5.69 Å². The maximum absolute atomic E-state index is 13.3. The van der Waals surface area contributed by atoms with Crippen LogP contribution in [-0.2, 0) is 0 Å². The molecule has 0 bridgehead atoms. The highest BCUT2D eigenvalue weighted by atomic mass is 19.1. The van der Waals surface area contributed by atoms with Gasteiger partial charge in [-0.05, 0) is 12.1 Å². The van der Waals surface area contributed by atoms with Gasteiger partial charge < -0.3 is 10.6 Å². The molecule has 0 unspecified atom stereocenters. The first kappa shape index (κ1) is 9.87. The quantitative estimate of drug-likeness (QED) is 0.769. The van der Waals surface area contributed by atoms with Crippen LogP contribution < -0.4 is 10.6 Å². The van der Waals surface area contributed by atoms with Crippen molar-refractivity contribution in [2.75, 3.05) is 18.4 Å². The predicted octanol–water partition coefficient (Wildman–Crippen LogP) is 1.22. The summed E-state index contributed by atoms with van der Waals surface area (Å²) in [5.74, 6) is -1.45. The third-order valence-electron chi connectivity index (χ3n) is 2.30. The number of hydrogen-bond donors (Lipinski definition) is 2. The van der Waals surface area contributed by atoms with Gasteiger partial charge in [0.2, 0.25) is 0 Å². The lowest BCUT2D eigenvalue weighted by Gasteiger charge is -2.29. The summed E-state index contributed by atoms with van der Waals surface area (Å²) in [6.45, 7) is 1.39. The Bertz CT molecular complexity index is 398. The number of nitriles is 1. The van der Waals surface area contributed by atoms with E-state index in [4.69, 9.17) is 5.26 Å². The number of hydrogen-bond acceptors (Lipinski definition) is 3. The van der Waals surface area contributed by atoms with Gasteiger partial charge in [0.15, 0.2) is 11.6 Å². The molecule has 1 aliphatic heterocycles. The maximum atomic E-state index is 13.3. The van der Waals surface area contributed by atoms with Crippen molar-refractivity contribution < 1.29 is 8.78 Å². The highest BCUT2D eigenvalue weighted by Crippen LogP contribution is 2.21. The van der Waals surface area contributed by atoms with Gasteiger partial charge >= 0.3 is 0 Å². The Morgan fingerprint density at radius 3 is 2.33 bits per heavy atom. The second-order valence-electron chi connectivity index (χ2n) is 3.43. The van der Waals surface area contributed by atoms with E-state index >= 15 is 0 Å². The highest BCUT2D eigenvalue weighted by molar-refractivity contribution is 5.51. The number of rotatable bonds is 2. The van der Waals surface area contributed by atoms with Crippen molar-refractivity contribution in [1.29, 1.82) is 5.26 Å². The van der Waals surface area contributed by atoms with Gasteiger partial charge in [-0.3, -0.25) is 0 Å². The SMILES string of the molecule is N#Cc1cc(F)c(NC2CNC2)c(F)c1. The van der Waals surface area contributed by atoms with Gasteiger partial charge in [-0.15, -0.1) is 0 Å². The van der Waals surface area contributed by atoms with E-state index in [9.17, 15) is 8.78 Å². The average molecular weight is 209 g/mol. The van der Waals surface area contributed by atoms with Gasteiger partial charge in [0.25, 0.3) is 0 Å². The summed E-state index contributed by atoms with van der Waals surface area (Å²) in [5.41, 5.74) is -0.164. The summed E-state index contributed by atoms with van der Waals surface area (Å²) in [4.78, 5) is 0. The number of nitrogens with zero attached hydrogens (tertiary/aromatic N) is 1. The summed E-state index contributed by atoms with van der Waals surface area (Å²) >= 11 is 0. The Balaban J connectivity index is 2.26. The standard InChI is InChI=1S/C10H9F2N3/c11-8-1-6(3-13)2-9(12)10(8)15-7-4-14-5-7/h1-2,7,14-15H,4-5H2. The third-order valence-corrected chi connectivity index (χ3v) is 2.30. The van der Waals surface area contributed by atoms with Crippen LogP contribution in [0.3, 0.4) is 0 Å². The Morgan fingerprint density at radius 1 is 1.33 bits per heavy atom. The van der Waals surface area contributed by atoms with Crippen LogP contribution >= 0.6 is 0 Å². The van der Waals surface area contributed by atoms with Crippen LogP contribution in [0.1, 0.15) is 5.56 Å². The second-order valence-corrected chi connectivity index (χ2v) is 3.43. The minimum absolute atomic E-state index is 0.0118.